The van der Waals surface area contributed by atoms with E-state index in [-0.39, 0.29) is 5.82 Å². The lowest BCUT2D eigenvalue weighted by Gasteiger charge is -1.96. The van der Waals surface area contributed by atoms with E-state index in [1.54, 1.807) is 12.1 Å². The van der Waals surface area contributed by atoms with E-state index in [2.05, 4.69) is 16.2 Å². The number of hydrogen-bond acceptors (Lipinski definition) is 4. The highest BCUT2D eigenvalue weighted by Gasteiger charge is 2.16. The SMILES string of the molecule is Cc1nn2c(C#N)c(-c3ccc(F)cc3)nc2s1. The third-order valence-corrected chi connectivity index (χ3v) is 3.35. The molecule has 6 heteroatoms. The summed E-state index contributed by atoms with van der Waals surface area (Å²) in [4.78, 5) is 5.05. The fourth-order valence-electron chi connectivity index (χ4n) is 1.75. The molecule has 0 aliphatic rings. The van der Waals surface area contributed by atoms with Crippen molar-refractivity contribution in [2.45, 2.75) is 6.92 Å². The number of halogens is 1. The molecule has 0 atom stereocenters. The first-order valence-corrected chi connectivity index (χ1v) is 6.03. The molecule has 0 unspecified atom stereocenters. The van der Waals surface area contributed by atoms with Crippen LogP contribution >= 0.6 is 11.3 Å². The Morgan fingerprint density at radius 1 is 1.33 bits per heavy atom. The smallest absolute Gasteiger partial charge is 0.213 e. The van der Waals surface area contributed by atoms with Crippen LogP contribution in [0.1, 0.15) is 10.7 Å². The van der Waals surface area contributed by atoms with Crippen LogP contribution in [0.25, 0.3) is 16.2 Å². The Kier molecular flexibility index (Phi) is 2.35. The summed E-state index contributed by atoms with van der Waals surface area (Å²) in [5, 5.41) is 14.3. The average molecular weight is 258 g/mol. The normalized spacial score (nSPS) is 10.7. The zero-order chi connectivity index (χ0) is 12.7. The van der Waals surface area contributed by atoms with Crippen LogP contribution in [0.3, 0.4) is 0 Å². The van der Waals surface area contributed by atoms with Crippen LogP contribution in [0.5, 0.6) is 0 Å². The summed E-state index contributed by atoms with van der Waals surface area (Å²) in [6.45, 7) is 1.86. The Morgan fingerprint density at radius 3 is 2.72 bits per heavy atom. The zero-order valence-electron chi connectivity index (χ0n) is 9.38. The molecule has 4 nitrogen and oxygen atoms in total. The highest BCUT2D eigenvalue weighted by Crippen LogP contribution is 2.26. The minimum Gasteiger partial charge on any atom is -0.216 e. The van der Waals surface area contributed by atoms with Crippen molar-refractivity contribution in [3.8, 4) is 17.3 Å². The summed E-state index contributed by atoms with van der Waals surface area (Å²) in [5.41, 5.74) is 1.63. The highest BCUT2D eigenvalue weighted by molar-refractivity contribution is 7.16. The molecule has 0 aliphatic carbocycles. The maximum Gasteiger partial charge on any atom is 0.213 e. The molecule has 0 aliphatic heterocycles. The number of aromatic nitrogens is 3. The van der Waals surface area contributed by atoms with Gasteiger partial charge in [0, 0.05) is 5.56 Å². The van der Waals surface area contributed by atoms with Crippen LogP contribution in [0.4, 0.5) is 4.39 Å². The lowest BCUT2D eigenvalue weighted by atomic mass is 10.1. The van der Waals surface area contributed by atoms with E-state index in [1.807, 2.05) is 6.92 Å². The molecule has 3 aromatic rings. The van der Waals surface area contributed by atoms with Crippen molar-refractivity contribution in [3.63, 3.8) is 0 Å². The first-order chi connectivity index (χ1) is 8.69. The van der Waals surface area contributed by atoms with Crippen molar-refractivity contribution in [1.82, 2.24) is 14.6 Å². The van der Waals surface area contributed by atoms with E-state index in [9.17, 15) is 9.65 Å². The zero-order valence-corrected chi connectivity index (χ0v) is 10.2. The molecule has 3 rings (SSSR count). The second kappa shape index (κ2) is 3.89. The standard InChI is InChI=1S/C12H7FN4S/c1-7-16-17-10(6-14)11(15-12(17)18-7)8-2-4-9(13)5-3-8/h2-5H,1H3. The second-order valence-corrected chi connectivity index (χ2v) is 4.90. The van der Waals surface area contributed by atoms with Crippen LogP contribution in [0, 0.1) is 24.1 Å². The fraction of sp³-hybridized carbons (Fsp3) is 0.0833. The molecule has 0 radical (unpaired) electrons. The van der Waals surface area contributed by atoms with Crippen LogP contribution in [-0.2, 0) is 0 Å². The van der Waals surface area contributed by atoms with Crippen molar-refractivity contribution in [2.24, 2.45) is 0 Å². The number of hydrogen-bond donors (Lipinski definition) is 0. The molecule has 0 bridgehead atoms. The van der Waals surface area contributed by atoms with Crippen molar-refractivity contribution >= 4 is 16.3 Å². The van der Waals surface area contributed by atoms with Gasteiger partial charge in [-0.25, -0.2) is 9.37 Å². The maximum atomic E-state index is 12.9. The number of aryl methyl sites for hydroxylation is 1. The van der Waals surface area contributed by atoms with E-state index in [4.69, 9.17) is 0 Å². The average Bonchev–Trinajstić information content (AvgIpc) is 2.85. The molecule has 0 saturated carbocycles. The molecule has 2 aromatic heterocycles. The van der Waals surface area contributed by atoms with Gasteiger partial charge in [0.1, 0.15) is 22.6 Å². The monoisotopic (exact) mass is 258 g/mol. The third kappa shape index (κ3) is 1.57. The number of nitriles is 1. The molecular weight excluding hydrogens is 251 g/mol. The Labute approximate surface area is 106 Å². The Bertz CT molecular complexity index is 764. The molecule has 1 aromatic carbocycles. The van der Waals surface area contributed by atoms with Gasteiger partial charge in [0.05, 0.1) is 0 Å². The van der Waals surface area contributed by atoms with Crippen molar-refractivity contribution < 1.29 is 4.39 Å². The lowest BCUT2D eigenvalue weighted by Crippen LogP contribution is -1.90. The largest absolute Gasteiger partial charge is 0.216 e. The predicted octanol–water partition coefficient (Wildman–Crippen LogP) is 2.78. The third-order valence-electron chi connectivity index (χ3n) is 2.53. The van der Waals surface area contributed by atoms with Crippen molar-refractivity contribution in [3.05, 3.63) is 40.8 Å². The van der Waals surface area contributed by atoms with Gasteiger partial charge in [0.15, 0.2) is 5.69 Å². The van der Waals surface area contributed by atoms with Gasteiger partial charge in [0.2, 0.25) is 4.96 Å². The first kappa shape index (κ1) is 10.9. The molecule has 0 spiro atoms. The minimum atomic E-state index is -0.313. The Morgan fingerprint density at radius 2 is 2.06 bits per heavy atom. The van der Waals surface area contributed by atoms with E-state index < -0.39 is 0 Å². The maximum absolute atomic E-state index is 12.9. The second-order valence-electron chi connectivity index (χ2n) is 3.74. The summed E-state index contributed by atoms with van der Waals surface area (Å²) in [6.07, 6.45) is 0. The highest BCUT2D eigenvalue weighted by atomic mass is 32.1. The van der Waals surface area contributed by atoms with E-state index >= 15 is 0 Å². The molecule has 0 N–H and O–H groups in total. The van der Waals surface area contributed by atoms with Crippen LogP contribution in [0.2, 0.25) is 0 Å². The van der Waals surface area contributed by atoms with Gasteiger partial charge >= 0.3 is 0 Å². The van der Waals surface area contributed by atoms with Gasteiger partial charge in [-0.15, -0.1) is 0 Å². The summed E-state index contributed by atoms with van der Waals surface area (Å²) in [6, 6.07) is 8.01. The quantitative estimate of drug-likeness (QED) is 0.674. The molecule has 0 amide bonds. The van der Waals surface area contributed by atoms with Gasteiger partial charge in [-0.05, 0) is 31.2 Å². The summed E-state index contributed by atoms with van der Waals surface area (Å²) < 4.78 is 14.4. The summed E-state index contributed by atoms with van der Waals surface area (Å²) in [7, 11) is 0. The molecule has 0 saturated heterocycles. The van der Waals surface area contributed by atoms with E-state index in [0.717, 1.165) is 5.01 Å². The molecular formula is C12H7FN4S. The molecule has 18 heavy (non-hydrogen) atoms. The van der Waals surface area contributed by atoms with Gasteiger partial charge in [-0.1, -0.05) is 11.3 Å². The van der Waals surface area contributed by atoms with Gasteiger partial charge < -0.3 is 0 Å². The number of rotatable bonds is 1. The van der Waals surface area contributed by atoms with Gasteiger partial charge in [0.25, 0.3) is 0 Å². The van der Waals surface area contributed by atoms with Crippen molar-refractivity contribution in [1.29, 1.82) is 5.26 Å². The van der Waals surface area contributed by atoms with Crippen LogP contribution in [-0.4, -0.2) is 14.6 Å². The van der Waals surface area contributed by atoms with E-state index in [0.29, 0.717) is 21.9 Å². The topological polar surface area (TPSA) is 54.0 Å². The molecule has 2 heterocycles. The predicted molar refractivity (Wildman–Crippen MR) is 65.7 cm³/mol. The summed E-state index contributed by atoms with van der Waals surface area (Å²) in [5.74, 6) is -0.313. The van der Waals surface area contributed by atoms with Crippen LogP contribution in [0.15, 0.2) is 24.3 Å². The van der Waals surface area contributed by atoms with Gasteiger partial charge in [-0.2, -0.15) is 14.9 Å². The van der Waals surface area contributed by atoms with E-state index in [1.165, 1.54) is 28.0 Å². The Hall–Kier alpha value is -2.26. The van der Waals surface area contributed by atoms with Crippen molar-refractivity contribution in [2.75, 3.05) is 0 Å². The molecule has 88 valence electrons. The number of nitrogens with zero attached hydrogens (tertiary/aromatic N) is 4. The van der Waals surface area contributed by atoms with Gasteiger partial charge in [-0.3, -0.25) is 0 Å². The minimum absolute atomic E-state index is 0.313. The summed E-state index contributed by atoms with van der Waals surface area (Å²) >= 11 is 1.42. The number of benzene rings is 1. The fourth-order valence-corrected chi connectivity index (χ4v) is 2.50. The number of imidazole rings is 1. The lowest BCUT2D eigenvalue weighted by molar-refractivity contribution is 0.628. The number of fused-ring (bicyclic) bond motifs is 1. The van der Waals surface area contributed by atoms with Crippen LogP contribution < -0.4 is 0 Å². The molecule has 0 fully saturated rings. The first-order valence-electron chi connectivity index (χ1n) is 5.21. The Balaban J connectivity index is 2.26.